The van der Waals surface area contributed by atoms with Gasteiger partial charge in [0.25, 0.3) is 0 Å². The Kier molecular flexibility index (Phi) is 4.32. The lowest BCUT2D eigenvalue weighted by atomic mass is 10.2. The van der Waals surface area contributed by atoms with Crippen LogP contribution >= 0.6 is 0 Å². The van der Waals surface area contributed by atoms with Gasteiger partial charge in [-0.25, -0.2) is 0 Å². The highest BCUT2D eigenvalue weighted by molar-refractivity contribution is 5.86. The van der Waals surface area contributed by atoms with Crippen molar-refractivity contribution in [3.05, 3.63) is 0 Å². The van der Waals surface area contributed by atoms with E-state index in [1.165, 1.54) is 0 Å². The van der Waals surface area contributed by atoms with E-state index >= 15 is 0 Å². The van der Waals surface area contributed by atoms with E-state index in [0.717, 1.165) is 12.1 Å². The summed E-state index contributed by atoms with van der Waals surface area (Å²) in [6.45, 7) is 4.07. The zero-order valence-electron chi connectivity index (χ0n) is 6.64. The Balaban J connectivity index is 3.79. The predicted octanol–water partition coefficient (Wildman–Crippen LogP) is 1.50. The first-order chi connectivity index (χ1) is 4.26. The van der Waals surface area contributed by atoms with Crippen molar-refractivity contribution in [1.82, 2.24) is 0 Å². The smallest absolute Gasteiger partial charge is 0.0941 e. The summed E-state index contributed by atoms with van der Waals surface area (Å²) in [6, 6.07) is 0. The molecular formula is C7H15NO. The van der Waals surface area contributed by atoms with E-state index < -0.39 is 0 Å². The minimum Gasteiger partial charge on any atom is -0.376 e. The summed E-state index contributed by atoms with van der Waals surface area (Å²) in [7, 11) is 3.50. The predicted molar refractivity (Wildman–Crippen MR) is 40.1 cm³/mol. The summed E-state index contributed by atoms with van der Waals surface area (Å²) < 4.78 is 5.12. The van der Waals surface area contributed by atoms with Gasteiger partial charge < -0.3 is 4.74 Å². The average molecular weight is 129 g/mol. The van der Waals surface area contributed by atoms with Gasteiger partial charge in [0.2, 0.25) is 0 Å². The van der Waals surface area contributed by atoms with Crippen LogP contribution in [0, 0.1) is 0 Å². The van der Waals surface area contributed by atoms with Gasteiger partial charge >= 0.3 is 0 Å². The van der Waals surface area contributed by atoms with E-state index in [1.54, 1.807) is 14.2 Å². The molecule has 0 fully saturated rings. The third-order valence-electron chi connectivity index (χ3n) is 1.47. The fourth-order valence-electron chi connectivity index (χ4n) is 0.777. The van der Waals surface area contributed by atoms with E-state index in [0.29, 0.717) is 0 Å². The average Bonchev–Trinajstić information content (AvgIpc) is 1.90. The molecule has 0 aromatic rings. The number of methoxy groups -OCH3 is 1. The van der Waals surface area contributed by atoms with Gasteiger partial charge in [-0.05, 0) is 13.3 Å². The van der Waals surface area contributed by atoms with Crippen molar-refractivity contribution in [2.45, 2.75) is 26.4 Å². The highest BCUT2D eigenvalue weighted by atomic mass is 16.5. The monoisotopic (exact) mass is 129 g/mol. The second-order valence-corrected chi connectivity index (χ2v) is 2.00. The van der Waals surface area contributed by atoms with Crippen LogP contribution in [-0.4, -0.2) is 26.0 Å². The Morgan fingerprint density at radius 1 is 1.67 bits per heavy atom. The second-order valence-electron chi connectivity index (χ2n) is 2.00. The van der Waals surface area contributed by atoms with E-state index in [9.17, 15) is 0 Å². The fourth-order valence-corrected chi connectivity index (χ4v) is 0.777. The molecule has 0 bridgehead atoms. The van der Waals surface area contributed by atoms with Crippen LogP contribution in [0.3, 0.4) is 0 Å². The molecular weight excluding hydrogens is 114 g/mol. The van der Waals surface area contributed by atoms with Gasteiger partial charge in [-0.3, -0.25) is 4.99 Å². The Morgan fingerprint density at radius 3 is 2.33 bits per heavy atom. The molecule has 0 aliphatic rings. The van der Waals surface area contributed by atoms with Crippen molar-refractivity contribution in [2.75, 3.05) is 14.2 Å². The first-order valence-corrected chi connectivity index (χ1v) is 3.22. The zero-order chi connectivity index (χ0) is 7.28. The molecule has 54 valence electrons. The van der Waals surface area contributed by atoms with Gasteiger partial charge in [0.05, 0.1) is 6.10 Å². The van der Waals surface area contributed by atoms with Crippen LogP contribution in [0.25, 0.3) is 0 Å². The van der Waals surface area contributed by atoms with Crippen molar-refractivity contribution in [3.8, 4) is 0 Å². The fraction of sp³-hybridized carbons (Fsp3) is 0.857. The lowest BCUT2D eigenvalue weighted by Gasteiger charge is -2.10. The Bertz CT molecular complexity index is 95.1. The quantitative estimate of drug-likeness (QED) is 0.529. The molecule has 0 saturated carbocycles. The third-order valence-corrected chi connectivity index (χ3v) is 1.47. The van der Waals surface area contributed by atoms with Crippen LogP contribution in [0.5, 0.6) is 0 Å². The molecule has 0 aliphatic heterocycles. The van der Waals surface area contributed by atoms with Crippen molar-refractivity contribution in [1.29, 1.82) is 0 Å². The van der Waals surface area contributed by atoms with E-state index in [4.69, 9.17) is 4.74 Å². The summed E-state index contributed by atoms with van der Waals surface area (Å²) in [5.41, 5.74) is 1.07. The van der Waals surface area contributed by atoms with Crippen LogP contribution in [0.4, 0.5) is 0 Å². The summed E-state index contributed by atoms with van der Waals surface area (Å²) in [5, 5.41) is 0. The van der Waals surface area contributed by atoms with Crippen LogP contribution in [-0.2, 0) is 4.74 Å². The number of hydrogen-bond acceptors (Lipinski definition) is 2. The molecule has 0 aromatic heterocycles. The van der Waals surface area contributed by atoms with Gasteiger partial charge in [-0.2, -0.15) is 0 Å². The first-order valence-electron chi connectivity index (χ1n) is 3.22. The molecule has 0 aromatic carbocycles. The molecule has 1 atom stereocenters. The molecule has 0 radical (unpaired) electrons. The zero-order valence-corrected chi connectivity index (χ0v) is 6.64. The SMILES string of the molecule is CCC(OC)/C(C)=N\C. The Hall–Kier alpha value is -0.370. The Labute approximate surface area is 56.9 Å². The van der Waals surface area contributed by atoms with Gasteiger partial charge in [0, 0.05) is 19.9 Å². The molecule has 0 saturated heterocycles. The van der Waals surface area contributed by atoms with E-state index in [2.05, 4.69) is 11.9 Å². The molecule has 0 amide bonds. The largest absolute Gasteiger partial charge is 0.376 e. The maximum atomic E-state index is 5.12. The second kappa shape index (κ2) is 4.50. The molecule has 0 aliphatic carbocycles. The maximum Gasteiger partial charge on any atom is 0.0941 e. The lowest BCUT2D eigenvalue weighted by molar-refractivity contribution is 0.152. The number of ether oxygens (including phenoxy) is 1. The number of rotatable bonds is 3. The van der Waals surface area contributed by atoms with Crippen LogP contribution in [0.15, 0.2) is 4.99 Å². The van der Waals surface area contributed by atoms with Gasteiger partial charge in [-0.1, -0.05) is 6.92 Å². The van der Waals surface area contributed by atoms with Gasteiger partial charge in [0.15, 0.2) is 0 Å². The Morgan fingerprint density at radius 2 is 2.22 bits per heavy atom. The molecule has 0 rings (SSSR count). The third kappa shape index (κ3) is 2.61. The van der Waals surface area contributed by atoms with E-state index in [-0.39, 0.29) is 6.10 Å². The topological polar surface area (TPSA) is 21.6 Å². The molecule has 9 heavy (non-hydrogen) atoms. The minimum atomic E-state index is 0.218. The highest BCUT2D eigenvalue weighted by Crippen LogP contribution is 1.97. The molecule has 2 nitrogen and oxygen atoms in total. The minimum absolute atomic E-state index is 0.218. The summed E-state index contributed by atoms with van der Waals surface area (Å²) in [5.74, 6) is 0. The van der Waals surface area contributed by atoms with Crippen LogP contribution in [0.1, 0.15) is 20.3 Å². The summed E-state index contributed by atoms with van der Waals surface area (Å²) >= 11 is 0. The molecule has 0 spiro atoms. The number of nitrogens with zero attached hydrogens (tertiary/aromatic N) is 1. The van der Waals surface area contributed by atoms with Crippen molar-refractivity contribution < 1.29 is 4.74 Å². The normalized spacial score (nSPS) is 15.8. The summed E-state index contributed by atoms with van der Waals surface area (Å²) in [4.78, 5) is 4.02. The van der Waals surface area contributed by atoms with Crippen molar-refractivity contribution in [2.24, 2.45) is 4.99 Å². The van der Waals surface area contributed by atoms with Crippen LogP contribution < -0.4 is 0 Å². The molecule has 0 heterocycles. The van der Waals surface area contributed by atoms with Crippen LogP contribution in [0.2, 0.25) is 0 Å². The van der Waals surface area contributed by atoms with Gasteiger partial charge in [-0.15, -0.1) is 0 Å². The number of aliphatic imine (C=N–C) groups is 1. The highest BCUT2D eigenvalue weighted by Gasteiger charge is 2.05. The first kappa shape index (κ1) is 8.63. The standard InChI is InChI=1S/C7H15NO/c1-5-7(9-4)6(2)8-3/h7H,5H2,1-4H3/b8-6-. The van der Waals surface area contributed by atoms with E-state index in [1.807, 2.05) is 6.92 Å². The molecule has 1 unspecified atom stereocenters. The number of hydrogen-bond donors (Lipinski definition) is 0. The molecule has 0 N–H and O–H groups in total. The lowest BCUT2D eigenvalue weighted by Crippen LogP contribution is -2.18. The van der Waals surface area contributed by atoms with Crippen molar-refractivity contribution >= 4 is 5.71 Å². The maximum absolute atomic E-state index is 5.12. The van der Waals surface area contributed by atoms with Gasteiger partial charge in [0.1, 0.15) is 0 Å². The van der Waals surface area contributed by atoms with Crippen molar-refractivity contribution in [3.63, 3.8) is 0 Å². The molecule has 2 heteroatoms. The summed E-state index contributed by atoms with van der Waals surface area (Å²) in [6.07, 6.45) is 1.22.